The average molecular weight is 700 g/mol. The van der Waals surface area contributed by atoms with Crippen LogP contribution in [-0.4, -0.2) is 13.7 Å². The lowest BCUT2D eigenvalue weighted by molar-refractivity contribution is 1.16. The zero-order valence-corrected chi connectivity index (χ0v) is 29.5. The first-order chi connectivity index (χ1) is 27.2. The first-order valence-electron chi connectivity index (χ1n) is 18.3. The summed E-state index contributed by atoms with van der Waals surface area (Å²) in [5, 5.41) is 27.5. The molecule has 0 atom stereocenters. The summed E-state index contributed by atoms with van der Waals surface area (Å²) >= 11 is 0. The fourth-order valence-corrected chi connectivity index (χ4v) is 8.74. The summed E-state index contributed by atoms with van der Waals surface area (Å²) in [6.45, 7) is 0. The third kappa shape index (κ3) is 4.45. The lowest BCUT2D eigenvalue weighted by Gasteiger charge is -2.13. The van der Waals surface area contributed by atoms with E-state index < -0.39 is 0 Å². The second kappa shape index (κ2) is 11.8. The van der Waals surface area contributed by atoms with Crippen molar-refractivity contribution in [3.63, 3.8) is 0 Å². The maximum Gasteiger partial charge on any atom is 0.101 e. The maximum absolute atomic E-state index is 10.5. The zero-order chi connectivity index (χ0) is 36.6. The molecule has 0 fully saturated rings. The van der Waals surface area contributed by atoms with Gasteiger partial charge in [0.05, 0.1) is 49.9 Å². The standard InChI is InChI=1S/C50H29N5/c51-30-34-10-9-15-42-40-13-3-8-19-48(40)55(50(34)42)44-26-22-33(28-35(44)31-52)32-20-23-36(24-21-32)53-47-18-7-4-14-41(47)43-29-37(25-27-49(43)53)54-45-16-5-1-11-38(45)39-12-2-6-17-46(39)54/h1-29H. The smallest absolute Gasteiger partial charge is 0.101 e. The normalized spacial score (nSPS) is 11.6. The largest absolute Gasteiger partial charge is 0.309 e. The molecule has 11 rings (SSSR count). The van der Waals surface area contributed by atoms with E-state index in [-0.39, 0.29) is 0 Å². The van der Waals surface area contributed by atoms with Crippen molar-refractivity contribution in [2.45, 2.75) is 0 Å². The number of hydrogen-bond acceptors (Lipinski definition) is 2. The molecule has 5 heteroatoms. The van der Waals surface area contributed by atoms with Crippen molar-refractivity contribution in [3.05, 3.63) is 187 Å². The Balaban J connectivity index is 1.02. The van der Waals surface area contributed by atoms with E-state index in [1.807, 2.05) is 48.5 Å². The minimum absolute atomic E-state index is 0.540. The Morgan fingerprint density at radius 2 is 0.800 bits per heavy atom. The summed E-state index contributed by atoms with van der Waals surface area (Å²) in [6.07, 6.45) is 0. The quantitative estimate of drug-likeness (QED) is 0.184. The van der Waals surface area contributed by atoms with Crippen LogP contribution in [0.3, 0.4) is 0 Å². The molecule has 8 aromatic carbocycles. The number of para-hydroxylation sites is 5. The molecule has 3 aromatic heterocycles. The fourth-order valence-electron chi connectivity index (χ4n) is 8.74. The minimum Gasteiger partial charge on any atom is -0.309 e. The maximum atomic E-state index is 10.5. The monoisotopic (exact) mass is 699 g/mol. The van der Waals surface area contributed by atoms with Gasteiger partial charge in [-0.25, -0.2) is 0 Å². The van der Waals surface area contributed by atoms with Gasteiger partial charge in [-0.1, -0.05) is 103 Å². The Bertz CT molecular complexity index is 3400. The number of hydrogen-bond donors (Lipinski definition) is 0. The molecule has 11 aromatic rings. The molecule has 0 radical (unpaired) electrons. The first-order valence-corrected chi connectivity index (χ1v) is 18.3. The fraction of sp³-hybridized carbons (Fsp3) is 0. The number of nitrogens with zero attached hydrogens (tertiary/aromatic N) is 5. The Morgan fingerprint density at radius 1 is 0.327 bits per heavy atom. The van der Waals surface area contributed by atoms with Gasteiger partial charge in [0.15, 0.2) is 0 Å². The van der Waals surface area contributed by atoms with Gasteiger partial charge in [0.1, 0.15) is 12.1 Å². The van der Waals surface area contributed by atoms with E-state index >= 15 is 0 Å². The highest BCUT2D eigenvalue weighted by molar-refractivity contribution is 6.13. The Morgan fingerprint density at radius 3 is 1.42 bits per heavy atom. The lowest BCUT2D eigenvalue weighted by atomic mass is 10.0. The van der Waals surface area contributed by atoms with Gasteiger partial charge >= 0.3 is 0 Å². The Hall–Kier alpha value is -7.86. The molecule has 254 valence electrons. The van der Waals surface area contributed by atoms with Gasteiger partial charge < -0.3 is 13.7 Å². The van der Waals surface area contributed by atoms with Crippen LogP contribution in [0.2, 0.25) is 0 Å². The molecule has 0 aliphatic rings. The zero-order valence-electron chi connectivity index (χ0n) is 29.5. The van der Waals surface area contributed by atoms with Crippen LogP contribution in [0.1, 0.15) is 11.1 Å². The van der Waals surface area contributed by atoms with Crippen LogP contribution < -0.4 is 0 Å². The molecule has 0 aliphatic heterocycles. The second-order valence-corrected chi connectivity index (χ2v) is 14.0. The predicted octanol–water partition coefficient (Wildman–Crippen LogP) is 12.4. The van der Waals surface area contributed by atoms with Crippen molar-refractivity contribution in [2.24, 2.45) is 0 Å². The number of nitriles is 2. The highest BCUT2D eigenvalue weighted by Crippen LogP contribution is 2.39. The molecule has 0 amide bonds. The van der Waals surface area contributed by atoms with Crippen molar-refractivity contribution in [1.29, 1.82) is 10.5 Å². The molecule has 55 heavy (non-hydrogen) atoms. The van der Waals surface area contributed by atoms with Gasteiger partial charge in [0.25, 0.3) is 0 Å². The van der Waals surface area contributed by atoms with E-state index in [9.17, 15) is 10.5 Å². The van der Waals surface area contributed by atoms with Crippen LogP contribution in [0, 0.1) is 22.7 Å². The van der Waals surface area contributed by atoms with Crippen LogP contribution in [0.4, 0.5) is 0 Å². The summed E-state index contributed by atoms with van der Waals surface area (Å²) in [4.78, 5) is 0. The molecule has 0 bridgehead atoms. The molecule has 3 heterocycles. The first kappa shape index (κ1) is 30.7. The third-order valence-corrected chi connectivity index (χ3v) is 11.1. The highest BCUT2D eigenvalue weighted by Gasteiger charge is 2.19. The molecule has 0 N–H and O–H groups in total. The van der Waals surface area contributed by atoms with Crippen molar-refractivity contribution < 1.29 is 0 Å². The molecule has 5 nitrogen and oxygen atoms in total. The highest BCUT2D eigenvalue weighted by atomic mass is 15.0. The van der Waals surface area contributed by atoms with Crippen molar-refractivity contribution in [2.75, 3.05) is 0 Å². The van der Waals surface area contributed by atoms with E-state index in [2.05, 4.69) is 153 Å². The van der Waals surface area contributed by atoms with Crippen LogP contribution >= 0.6 is 0 Å². The number of rotatable bonds is 4. The van der Waals surface area contributed by atoms with E-state index in [0.717, 1.165) is 61.0 Å². The Kier molecular flexibility index (Phi) is 6.61. The van der Waals surface area contributed by atoms with Crippen LogP contribution in [0.15, 0.2) is 176 Å². The molecule has 0 saturated heterocycles. The van der Waals surface area contributed by atoms with E-state index in [4.69, 9.17) is 0 Å². The van der Waals surface area contributed by atoms with E-state index in [1.54, 1.807) is 0 Å². The summed E-state index contributed by atoms with van der Waals surface area (Å²) in [5.74, 6) is 0. The summed E-state index contributed by atoms with van der Waals surface area (Å²) < 4.78 is 6.77. The second-order valence-electron chi connectivity index (χ2n) is 14.0. The van der Waals surface area contributed by atoms with Gasteiger partial charge in [-0.05, 0) is 83.9 Å². The summed E-state index contributed by atoms with van der Waals surface area (Å²) in [5.41, 5.74) is 12.5. The Labute approximate surface area is 316 Å². The SMILES string of the molecule is N#Cc1cc(-c2ccc(-n3c4ccccc4c4cc(-n5c6ccccc6c6ccccc65)ccc43)cc2)ccc1-n1c2ccccc2c2cccc(C#N)c21. The van der Waals surface area contributed by atoms with Crippen molar-refractivity contribution in [1.82, 2.24) is 13.7 Å². The van der Waals surface area contributed by atoms with Crippen molar-refractivity contribution in [3.8, 4) is 40.3 Å². The minimum atomic E-state index is 0.540. The lowest BCUT2D eigenvalue weighted by Crippen LogP contribution is -1.99. The molecular weight excluding hydrogens is 671 g/mol. The van der Waals surface area contributed by atoms with Gasteiger partial charge in [-0.2, -0.15) is 10.5 Å². The van der Waals surface area contributed by atoms with Crippen LogP contribution in [0.5, 0.6) is 0 Å². The van der Waals surface area contributed by atoms with Gasteiger partial charge in [0.2, 0.25) is 0 Å². The topological polar surface area (TPSA) is 62.4 Å². The average Bonchev–Trinajstić information content (AvgIpc) is 3.89. The molecule has 0 spiro atoms. The van der Waals surface area contributed by atoms with Gasteiger partial charge in [-0.3, -0.25) is 0 Å². The van der Waals surface area contributed by atoms with E-state index in [0.29, 0.717) is 11.1 Å². The number of aromatic nitrogens is 3. The summed E-state index contributed by atoms with van der Waals surface area (Å²) in [7, 11) is 0. The molecule has 0 saturated carbocycles. The molecule has 0 aliphatic carbocycles. The third-order valence-electron chi connectivity index (χ3n) is 11.1. The summed E-state index contributed by atoms with van der Waals surface area (Å²) in [6, 6.07) is 66.0. The van der Waals surface area contributed by atoms with Crippen LogP contribution in [0.25, 0.3) is 93.6 Å². The van der Waals surface area contributed by atoms with Crippen LogP contribution in [-0.2, 0) is 0 Å². The molecule has 0 unspecified atom stereocenters. The predicted molar refractivity (Wildman–Crippen MR) is 224 cm³/mol. The van der Waals surface area contributed by atoms with Gasteiger partial charge in [0, 0.05) is 43.7 Å². The molecular formula is C50H29N5. The number of benzene rings is 8. The van der Waals surface area contributed by atoms with E-state index in [1.165, 1.54) is 32.6 Å². The van der Waals surface area contributed by atoms with Crippen molar-refractivity contribution >= 4 is 65.4 Å². The number of fused-ring (bicyclic) bond motifs is 9. The van der Waals surface area contributed by atoms with Gasteiger partial charge in [-0.15, -0.1) is 0 Å².